The molecule has 154 valence electrons. The molecule has 2 aromatic rings. The fourth-order valence-corrected chi connectivity index (χ4v) is 4.72. The van der Waals surface area contributed by atoms with E-state index in [1.54, 1.807) is 33.1 Å². The number of benzene rings is 2. The van der Waals surface area contributed by atoms with Gasteiger partial charge in [0.2, 0.25) is 11.7 Å². The van der Waals surface area contributed by atoms with Crippen LogP contribution in [0.25, 0.3) is 0 Å². The van der Waals surface area contributed by atoms with Gasteiger partial charge in [0.25, 0.3) is 0 Å². The Bertz CT molecular complexity index is 893. The van der Waals surface area contributed by atoms with Crippen molar-refractivity contribution in [3.63, 3.8) is 0 Å². The minimum absolute atomic E-state index is 0.0867. The van der Waals surface area contributed by atoms with E-state index in [0.717, 1.165) is 22.6 Å². The summed E-state index contributed by atoms with van der Waals surface area (Å²) < 4.78 is 27.6. The summed E-state index contributed by atoms with van der Waals surface area (Å²) in [7, 11) is 4.73. The van der Waals surface area contributed by atoms with E-state index in [2.05, 4.69) is 0 Å². The van der Waals surface area contributed by atoms with Crippen molar-refractivity contribution in [1.82, 2.24) is 4.90 Å². The molecular formula is C21H23NO6S. The zero-order chi connectivity index (χ0) is 20.4. The first-order valence-electron chi connectivity index (χ1n) is 9.24. The molecule has 2 aromatic carbocycles. The van der Waals surface area contributed by atoms with Gasteiger partial charge in [-0.15, -0.1) is 11.8 Å². The zero-order valence-electron chi connectivity index (χ0n) is 16.6. The van der Waals surface area contributed by atoms with Crippen LogP contribution in [0.2, 0.25) is 0 Å². The molecule has 0 aromatic heterocycles. The Morgan fingerprint density at radius 2 is 1.69 bits per heavy atom. The summed E-state index contributed by atoms with van der Waals surface area (Å²) in [6, 6.07) is 9.61. The largest absolute Gasteiger partial charge is 0.493 e. The van der Waals surface area contributed by atoms with Gasteiger partial charge in [-0.1, -0.05) is 6.07 Å². The number of rotatable bonds is 6. The van der Waals surface area contributed by atoms with Gasteiger partial charge in [-0.3, -0.25) is 4.79 Å². The molecule has 0 spiro atoms. The van der Waals surface area contributed by atoms with Gasteiger partial charge >= 0.3 is 0 Å². The second-order valence-electron chi connectivity index (χ2n) is 6.62. The number of amides is 1. The van der Waals surface area contributed by atoms with E-state index in [-0.39, 0.29) is 11.3 Å². The molecule has 0 aliphatic carbocycles. The molecule has 29 heavy (non-hydrogen) atoms. The average Bonchev–Trinajstić information content (AvgIpc) is 3.12. The smallest absolute Gasteiger partial charge is 0.234 e. The number of carbonyl (C=O) groups is 1. The van der Waals surface area contributed by atoms with Crippen molar-refractivity contribution < 1.29 is 28.5 Å². The van der Waals surface area contributed by atoms with Crippen LogP contribution < -0.4 is 23.7 Å². The van der Waals surface area contributed by atoms with Crippen molar-refractivity contribution >= 4 is 17.7 Å². The molecule has 0 radical (unpaired) electrons. The molecule has 2 heterocycles. The van der Waals surface area contributed by atoms with Gasteiger partial charge in [0.05, 0.1) is 27.1 Å². The first kappa shape index (κ1) is 19.6. The Morgan fingerprint density at radius 3 is 2.34 bits per heavy atom. The Balaban J connectivity index is 1.63. The Kier molecular flexibility index (Phi) is 5.62. The molecule has 0 saturated carbocycles. The summed E-state index contributed by atoms with van der Waals surface area (Å²) in [6.07, 6.45) is 0. The summed E-state index contributed by atoms with van der Waals surface area (Å²) in [6.45, 7) is 1.51. The SMILES string of the molecule is COc1cc(CN2C(=O)CSC2c2ccc3c(c2)OCCO3)cc(OC)c1OC. The highest BCUT2D eigenvalue weighted by Crippen LogP contribution is 2.44. The third-order valence-corrected chi connectivity index (χ3v) is 6.15. The van der Waals surface area contributed by atoms with Crippen LogP contribution >= 0.6 is 11.8 Å². The predicted molar refractivity (Wildman–Crippen MR) is 109 cm³/mol. The topological polar surface area (TPSA) is 66.5 Å². The van der Waals surface area contributed by atoms with Crippen molar-refractivity contribution in [3.05, 3.63) is 41.5 Å². The maximum Gasteiger partial charge on any atom is 0.234 e. The van der Waals surface area contributed by atoms with Gasteiger partial charge in [-0.2, -0.15) is 0 Å². The fourth-order valence-electron chi connectivity index (χ4n) is 3.54. The molecule has 1 unspecified atom stereocenters. The summed E-state index contributed by atoms with van der Waals surface area (Å²) in [5.41, 5.74) is 1.91. The highest BCUT2D eigenvalue weighted by Gasteiger charge is 2.34. The molecule has 1 fully saturated rings. The van der Waals surface area contributed by atoms with Gasteiger partial charge in [0.1, 0.15) is 18.6 Å². The first-order chi connectivity index (χ1) is 14.1. The highest BCUT2D eigenvalue weighted by atomic mass is 32.2. The summed E-state index contributed by atoms with van der Waals surface area (Å²) >= 11 is 1.60. The van der Waals surface area contributed by atoms with E-state index in [1.165, 1.54) is 0 Å². The molecule has 2 aliphatic rings. The van der Waals surface area contributed by atoms with Crippen LogP contribution in [0.1, 0.15) is 16.5 Å². The van der Waals surface area contributed by atoms with Crippen LogP contribution in [0.15, 0.2) is 30.3 Å². The van der Waals surface area contributed by atoms with Crippen molar-refractivity contribution in [2.75, 3.05) is 40.3 Å². The van der Waals surface area contributed by atoms with Gasteiger partial charge in [-0.05, 0) is 35.4 Å². The molecule has 1 atom stereocenters. The van der Waals surface area contributed by atoms with Crippen LogP contribution in [0.3, 0.4) is 0 Å². The molecule has 2 aliphatic heterocycles. The van der Waals surface area contributed by atoms with Crippen LogP contribution in [0, 0.1) is 0 Å². The lowest BCUT2D eigenvalue weighted by Crippen LogP contribution is -2.28. The van der Waals surface area contributed by atoms with Gasteiger partial charge in [-0.25, -0.2) is 0 Å². The van der Waals surface area contributed by atoms with Gasteiger partial charge < -0.3 is 28.6 Å². The maximum absolute atomic E-state index is 12.6. The number of ether oxygens (including phenoxy) is 5. The molecule has 1 saturated heterocycles. The summed E-state index contributed by atoms with van der Waals surface area (Å²) in [4.78, 5) is 14.5. The molecule has 0 N–H and O–H groups in total. The lowest BCUT2D eigenvalue weighted by molar-refractivity contribution is -0.128. The number of hydrogen-bond donors (Lipinski definition) is 0. The van der Waals surface area contributed by atoms with E-state index in [1.807, 2.05) is 35.2 Å². The van der Waals surface area contributed by atoms with Crippen molar-refractivity contribution in [2.45, 2.75) is 11.9 Å². The first-order valence-corrected chi connectivity index (χ1v) is 10.3. The van der Waals surface area contributed by atoms with E-state index in [0.29, 0.717) is 42.8 Å². The normalized spacial score (nSPS) is 18.0. The van der Waals surface area contributed by atoms with E-state index in [4.69, 9.17) is 23.7 Å². The van der Waals surface area contributed by atoms with Crippen LogP contribution in [-0.2, 0) is 11.3 Å². The number of fused-ring (bicyclic) bond motifs is 1. The maximum atomic E-state index is 12.6. The molecule has 4 rings (SSSR count). The highest BCUT2D eigenvalue weighted by molar-refractivity contribution is 8.00. The lowest BCUT2D eigenvalue weighted by atomic mass is 10.1. The molecule has 7 nitrogen and oxygen atoms in total. The molecule has 1 amide bonds. The van der Waals surface area contributed by atoms with Crippen molar-refractivity contribution in [1.29, 1.82) is 0 Å². The van der Waals surface area contributed by atoms with Crippen molar-refractivity contribution in [3.8, 4) is 28.7 Å². The van der Waals surface area contributed by atoms with E-state index in [9.17, 15) is 4.79 Å². The van der Waals surface area contributed by atoms with E-state index < -0.39 is 0 Å². The van der Waals surface area contributed by atoms with Crippen molar-refractivity contribution in [2.24, 2.45) is 0 Å². The number of nitrogens with zero attached hydrogens (tertiary/aromatic N) is 1. The molecular weight excluding hydrogens is 394 g/mol. The number of thioether (sulfide) groups is 1. The monoisotopic (exact) mass is 417 g/mol. The third kappa shape index (κ3) is 3.76. The molecule has 8 heteroatoms. The minimum atomic E-state index is -0.0996. The number of carbonyl (C=O) groups excluding carboxylic acids is 1. The molecule has 0 bridgehead atoms. The fraction of sp³-hybridized carbons (Fsp3) is 0.381. The number of methoxy groups -OCH3 is 3. The quantitative estimate of drug-likeness (QED) is 0.715. The van der Waals surface area contributed by atoms with Crippen LogP contribution in [0.5, 0.6) is 28.7 Å². The minimum Gasteiger partial charge on any atom is -0.493 e. The number of hydrogen-bond acceptors (Lipinski definition) is 7. The standard InChI is InChI=1S/C21H23NO6S/c1-24-17-8-13(9-18(25-2)20(17)26-3)11-22-19(23)12-29-21(22)14-4-5-15-16(10-14)28-7-6-27-15/h4-5,8-10,21H,6-7,11-12H2,1-3H3. The summed E-state index contributed by atoms with van der Waals surface area (Å²) in [5.74, 6) is 3.65. The summed E-state index contributed by atoms with van der Waals surface area (Å²) in [5, 5.41) is -0.0996. The van der Waals surface area contributed by atoms with E-state index >= 15 is 0 Å². The average molecular weight is 417 g/mol. The Morgan fingerprint density at radius 1 is 1.00 bits per heavy atom. The Hall–Kier alpha value is -2.74. The van der Waals surface area contributed by atoms with Crippen LogP contribution in [0.4, 0.5) is 0 Å². The zero-order valence-corrected chi connectivity index (χ0v) is 17.4. The predicted octanol–water partition coefficient (Wildman–Crippen LogP) is 3.26. The van der Waals surface area contributed by atoms with Crippen LogP contribution in [-0.4, -0.2) is 51.1 Å². The lowest BCUT2D eigenvalue weighted by Gasteiger charge is -2.26. The second kappa shape index (κ2) is 8.32. The van der Waals surface area contributed by atoms with Gasteiger partial charge in [0.15, 0.2) is 23.0 Å². The Labute approximate surface area is 173 Å². The third-order valence-electron chi connectivity index (χ3n) is 4.90. The second-order valence-corrected chi connectivity index (χ2v) is 7.69. The van der Waals surface area contributed by atoms with Gasteiger partial charge in [0, 0.05) is 6.54 Å².